The normalized spacial score (nSPS) is 11.4. The lowest BCUT2D eigenvalue weighted by Gasteiger charge is -2.17. The van der Waals surface area contributed by atoms with E-state index in [1.165, 1.54) is 0 Å². The third kappa shape index (κ3) is 9.83. The molecule has 2 amide bonds. The van der Waals surface area contributed by atoms with Gasteiger partial charge < -0.3 is 10.6 Å². The molecule has 94 valence electrons. The van der Waals surface area contributed by atoms with Gasteiger partial charge in [0.15, 0.2) is 0 Å². The van der Waals surface area contributed by atoms with Crippen molar-refractivity contribution in [3.05, 3.63) is 0 Å². The summed E-state index contributed by atoms with van der Waals surface area (Å²) in [4.78, 5) is 22.6. The highest BCUT2D eigenvalue weighted by Crippen LogP contribution is 2.22. The van der Waals surface area contributed by atoms with Gasteiger partial charge in [0.05, 0.1) is 12.3 Å². The molecular weight excluding hydrogens is 224 g/mol. The van der Waals surface area contributed by atoms with Crippen LogP contribution in [0.25, 0.3) is 0 Å². The minimum atomic E-state index is -0.149. The molecule has 0 aliphatic carbocycles. The monoisotopic (exact) mass is 246 g/mol. The van der Waals surface area contributed by atoms with Crippen molar-refractivity contribution in [2.75, 3.05) is 12.3 Å². The molecule has 2 N–H and O–H groups in total. The molecule has 0 atom stereocenters. The number of thioether (sulfide) groups is 1. The maximum Gasteiger partial charge on any atom is 0.239 e. The molecule has 0 bridgehead atoms. The van der Waals surface area contributed by atoms with Crippen molar-refractivity contribution in [1.29, 1.82) is 0 Å². The van der Waals surface area contributed by atoms with E-state index < -0.39 is 0 Å². The van der Waals surface area contributed by atoms with Crippen LogP contribution in [0.1, 0.15) is 34.6 Å². The molecule has 16 heavy (non-hydrogen) atoms. The standard InChI is InChI=1S/C11H22N2O2S/c1-8(2)13-9(14)6-12-10(15)7-16-11(3,4)5/h8H,6-7H2,1-5H3,(H,12,15)(H,13,14). The predicted octanol–water partition coefficient (Wildman–Crippen LogP) is 1.16. The van der Waals surface area contributed by atoms with E-state index in [1.54, 1.807) is 11.8 Å². The van der Waals surface area contributed by atoms with Gasteiger partial charge in [-0.25, -0.2) is 0 Å². The first kappa shape index (κ1) is 15.3. The van der Waals surface area contributed by atoms with Crippen LogP contribution >= 0.6 is 11.8 Å². The molecule has 0 saturated carbocycles. The number of nitrogens with one attached hydrogen (secondary N) is 2. The van der Waals surface area contributed by atoms with Gasteiger partial charge in [0.2, 0.25) is 11.8 Å². The van der Waals surface area contributed by atoms with Gasteiger partial charge in [-0.3, -0.25) is 9.59 Å². The van der Waals surface area contributed by atoms with Crippen molar-refractivity contribution in [2.24, 2.45) is 0 Å². The summed E-state index contributed by atoms with van der Waals surface area (Å²) >= 11 is 1.56. The number of hydrogen-bond acceptors (Lipinski definition) is 3. The molecule has 5 heteroatoms. The summed E-state index contributed by atoms with van der Waals surface area (Å²) in [6, 6.07) is 0.105. The fraction of sp³-hybridized carbons (Fsp3) is 0.818. The Hall–Kier alpha value is -0.710. The Kier molecular flexibility index (Phi) is 6.48. The van der Waals surface area contributed by atoms with E-state index in [0.29, 0.717) is 5.75 Å². The van der Waals surface area contributed by atoms with Gasteiger partial charge in [-0.2, -0.15) is 0 Å². The Morgan fingerprint density at radius 2 is 1.75 bits per heavy atom. The largest absolute Gasteiger partial charge is 0.352 e. The zero-order chi connectivity index (χ0) is 12.8. The Balaban J connectivity index is 3.70. The number of carbonyl (C=O) groups excluding carboxylic acids is 2. The first-order chi connectivity index (χ1) is 7.20. The molecule has 0 aliphatic rings. The van der Waals surface area contributed by atoms with Crippen LogP contribution in [-0.2, 0) is 9.59 Å². The van der Waals surface area contributed by atoms with E-state index >= 15 is 0 Å². The topological polar surface area (TPSA) is 58.2 Å². The van der Waals surface area contributed by atoms with Crippen molar-refractivity contribution in [2.45, 2.75) is 45.4 Å². The van der Waals surface area contributed by atoms with Gasteiger partial charge in [-0.1, -0.05) is 20.8 Å². The van der Waals surface area contributed by atoms with E-state index in [2.05, 4.69) is 31.4 Å². The molecule has 0 spiro atoms. The van der Waals surface area contributed by atoms with E-state index in [1.807, 2.05) is 13.8 Å². The van der Waals surface area contributed by atoms with Crippen LogP contribution in [0.3, 0.4) is 0 Å². The quantitative estimate of drug-likeness (QED) is 0.765. The fourth-order valence-corrected chi connectivity index (χ4v) is 1.55. The van der Waals surface area contributed by atoms with Gasteiger partial charge in [-0.15, -0.1) is 11.8 Å². The molecule has 0 aromatic rings. The van der Waals surface area contributed by atoms with Gasteiger partial charge in [0, 0.05) is 10.8 Å². The molecule has 0 saturated heterocycles. The highest BCUT2D eigenvalue weighted by atomic mass is 32.2. The van der Waals surface area contributed by atoms with Crippen molar-refractivity contribution in [3.63, 3.8) is 0 Å². The van der Waals surface area contributed by atoms with Crippen LogP contribution in [0.5, 0.6) is 0 Å². The lowest BCUT2D eigenvalue weighted by atomic mass is 10.3. The number of amides is 2. The van der Waals surface area contributed by atoms with E-state index in [-0.39, 0.29) is 29.1 Å². The first-order valence-corrected chi connectivity index (χ1v) is 6.39. The average molecular weight is 246 g/mol. The number of hydrogen-bond donors (Lipinski definition) is 2. The van der Waals surface area contributed by atoms with Gasteiger partial charge in [0.25, 0.3) is 0 Å². The Morgan fingerprint density at radius 3 is 2.19 bits per heavy atom. The van der Waals surface area contributed by atoms with Crippen molar-refractivity contribution in [3.8, 4) is 0 Å². The smallest absolute Gasteiger partial charge is 0.239 e. The lowest BCUT2D eigenvalue weighted by molar-refractivity contribution is -0.125. The van der Waals surface area contributed by atoms with Crippen LogP contribution in [0.2, 0.25) is 0 Å². The molecule has 0 heterocycles. The minimum absolute atomic E-state index is 0.0573. The molecule has 0 aromatic heterocycles. The number of carbonyl (C=O) groups is 2. The maximum absolute atomic E-state index is 11.4. The lowest BCUT2D eigenvalue weighted by Crippen LogP contribution is -2.40. The molecule has 0 radical (unpaired) electrons. The first-order valence-electron chi connectivity index (χ1n) is 5.41. The number of rotatable bonds is 5. The van der Waals surface area contributed by atoms with Crippen molar-refractivity contribution in [1.82, 2.24) is 10.6 Å². The zero-order valence-electron chi connectivity index (χ0n) is 10.7. The van der Waals surface area contributed by atoms with E-state index in [0.717, 1.165) is 0 Å². The average Bonchev–Trinajstić information content (AvgIpc) is 2.09. The summed E-state index contributed by atoms with van der Waals surface area (Å²) in [5, 5.41) is 5.30. The predicted molar refractivity (Wildman–Crippen MR) is 68.5 cm³/mol. The van der Waals surface area contributed by atoms with Gasteiger partial charge in [-0.05, 0) is 13.8 Å². The zero-order valence-corrected chi connectivity index (χ0v) is 11.5. The minimum Gasteiger partial charge on any atom is -0.352 e. The van der Waals surface area contributed by atoms with Crippen LogP contribution in [-0.4, -0.2) is 34.9 Å². The van der Waals surface area contributed by atoms with Crippen LogP contribution < -0.4 is 10.6 Å². The highest BCUT2D eigenvalue weighted by Gasteiger charge is 2.13. The summed E-state index contributed by atoms with van der Waals surface area (Å²) in [7, 11) is 0. The molecule has 4 nitrogen and oxygen atoms in total. The summed E-state index contributed by atoms with van der Waals surface area (Å²) < 4.78 is 0.0670. The van der Waals surface area contributed by atoms with Gasteiger partial charge in [0.1, 0.15) is 0 Å². The van der Waals surface area contributed by atoms with Crippen LogP contribution in [0.15, 0.2) is 0 Å². The third-order valence-electron chi connectivity index (χ3n) is 1.53. The Morgan fingerprint density at radius 1 is 1.19 bits per heavy atom. The third-order valence-corrected chi connectivity index (χ3v) is 2.80. The SMILES string of the molecule is CC(C)NC(=O)CNC(=O)CSC(C)(C)C. The van der Waals surface area contributed by atoms with Crippen molar-refractivity contribution < 1.29 is 9.59 Å². The molecule has 0 rings (SSSR count). The molecule has 0 unspecified atom stereocenters. The van der Waals surface area contributed by atoms with Crippen LogP contribution in [0, 0.1) is 0 Å². The van der Waals surface area contributed by atoms with Crippen LogP contribution in [0.4, 0.5) is 0 Å². The molecule has 0 aliphatic heterocycles. The summed E-state index contributed by atoms with van der Waals surface area (Å²) in [5.41, 5.74) is 0. The van der Waals surface area contributed by atoms with Gasteiger partial charge >= 0.3 is 0 Å². The second-order valence-electron chi connectivity index (χ2n) is 4.90. The summed E-state index contributed by atoms with van der Waals surface area (Å²) in [6.07, 6.45) is 0. The van der Waals surface area contributed by atoms with E-state index in [4.69, 9.17) is 0 Å². The Labute approximate surface area is 102 Å². The Bertz CT molecular complexity index is 247. The van der Waals surface area contributed by atoms with E-state index in [9.17, 15) is 9.59 Å². The molecule has 0 aromatic carbocycles. The van der Waals surface area contributed by atoms with Crippen molar-refractivity contribution >= 4 is 23.6 Å². The second kappa shape index (κ2) is 6.78. The fourth-order valence-electron chi connectivity index (χ4n) is 0.885. The summed E-state index contributed by atoms with van der Waals surface area (Å²) in [5.74, 6) is 0.140. The maximum atomic E-state index is 11.4. The molecule has 0 fully saturated rings. The summed E-state index contributed by atoms with van der Waals surface area (Å²) in [6.45, 7) is 9.98. The highest BCUT2D eigenvalue weighted by molar-refractivity contribution is 8.01. The second-order valence-corrected chi connectivity index (χ2v) is 6.70. The molecular formula is C11H22N2O2S.